The quantitative estimate of drug-likeness (QED) is 0.677. The number of hydrogen-bond donors (Lipinski definition) is 0. The zero-order valence-corrected chi connectivity index (χ0v) is 18.9. The molecular formula is C23H29FN2O4S. The van der Waals surface area contributed by atoms with Crippen LogP contribution in [0.1, 0.15) is 38.7 Å². The summed E-state index contributed by atoms with van der Waals surface area (Å²) >= 11 is 0. The number of rotatable bonds is 6. The maximum atomic E-state index is 13.2. The molecule has 1 saturated heterocycles. The minimum atomic E-state index is -3.74. The van der Waals surface area contributed by atoms with E-state index < -0.39 is 21.9 Å². The Labute approximate surface area is 183 Å². The lowest BCUT2D eigenvalue weighted by Crippen LogP contribution is -2.43. The lowest BCUT2D eigenvalue weighted by molar-refractivity contribution is -0.137. The van der Waals surface area contributed by atoms with Gasteiger partial charge in [0.15, 0.2) is 6.10 Å². The molecule has 1 heterocycles. The molecule has 0 saturated carbocycles. The zero-order chi connectivity index (χ0) is 22.6. The zero-order valence-electron chi connectivity index (χ0n) is 18.1. The predicted octanol–water partition coefficient (Wildman–Crippen LogP) is 3.64. The van der Waals surface area contributed by atoms with E-state index in [1.165, 1.54) is 16.4 Å². The highest BCUT2D eigenvalue weighted by Gasteiger charge is 2.30. The highest BCUT2D eigenvalue weighted by atomic mass is 32.2. The van der Waals surface area contributed by atoms with Gasteiger partial charge in [-0.1, -0.05) is 26.0 Å². The van der Waals surface area contributed by atoms with Crippen molar-refractivity contribution in [2.75, 3.05) is 26.2 Å². The minimum Gasteiger partial charge on any atom is -0.481 e. The van der Waals surface area contributed by atoms with Crippen molar-refractivity contribution in [3.05, 3.63) is 59.9 Å². The third-order valence-electron chi connectivity index (χ3n) is 5.40. The summed E-state index contributed by atoms with van der Waals surface area (Å²) in [5, 5.41) is 0. The summed E-state index contributed by atoms with van der Waals surface area (Å²) in [7, 11) is -3.74. The number of halogens is 1. The average Bonchev–Trinajstić information content (AvgIpc) is 3.00. The van der Waals surface area contributed by atoms with Gasteiger partial charge in [0, 0.05) is 26.2 Å². The van der Waals surface area contributed by atoms with E-state index in [2.05, 4.69) is 13.8 Å². The number of amides is 1. The van der Waals surface area contributed by atoms with E-state index in [-0.39, 0.29) is 23.9 Å². The average molecular weight is 449 g/mol. The van der Waals surface area contributed by atoms with Crippen LogP contribution >= 0.6 is 0 Å². The third-order valence-corrected chi connectivity index (χ3v) is 7.32. The summed E-state index contributed by atoms with van der Waals surface area (Å²) in [5.74, 6) is 0.340. The van der Waals surface area contributed by atoms with Crippen molar-refractivity contribution in [1.29, 1.82) is 0 Å². The first-order valence-corrected chi connectivity index (χ1v) is 11.9. The van der Waals surface area contributed by atoms with E-state index in [0.717, 1.165) is 17.7 Å². The molecule has 0 N–H and O–H groups in total. The third kappa shape index (κ3) is 5.62. The standard InChI is InChI=1S/C23H29FN2O4S/c1-17(2)19-6-4-7-21(16-19)30-18(3)23(27)25-12-5-13-26(15-14-25)31(28,29)22-10-8-20(24)9-11-22/h4,6-11,16-18H,5,12-15H2,1-3H3. The molecule has 1 amide bonds. The molecule has 2 aromatic carbocycles. The van der Waals surface area contributed by atoms with Gasteiger partial charge in [-0.25, -0.2) is 12.8 Å². The topological polar surface area (TPSA) is 66.9 Å². The fourth-order valence-electron chi connectivity index (χ4n) is 3.57. The Morgan fingerprint density at radius 2 is 1.71 bits per heavy atom. The maximum absolute atomic E-state index is 13.2. The highest BCUT2D eigenvalue weighted by Crippen LogP contribution is 2.22. The van der Waals surface area contributed by atoms with Gasteiger partial charge in [-0.05, 0) is 61.2 Å². The molecule has 1 unspecified atom stereocenters. The van der Waals surface area contributed by atoms with Crippen molar-refractivity contribution in [3.8, 4) is 5.75 Å². The van der Waals surface area contributed by atoms with Gasteiger partial charge in [-0.15, -0.1) is 0 Å². The molecule has 1 aliphatic heterocycles. The van der Waals surface area contributed by atoms with Gasteiger partial charge in [-0.3, -0.25) is 4.79 Å². The number of hydrogen-bond acceptors (Lipinski definition) is 4. The fraction of sp³-hybridized carbons (Fsp3) is 0.435. The van der Waals surface area contributed by atoms with Gasteiger partial charge < -0.3 is 9.64 Å². The molecule has 1 aliphatic rings. The number of carbonyl (C=O) groups excluding carboxylic acids is 1. The second-order valence-corrected chi connectivity index (χ2v) is 9.96. The number of benzene rings is 2. The largest absolute Gasteiger partial charge is 0.481 e. The Kier molecular flexibility index (Phi) is 7.33. The Bertz CT molecular complexity index is 1010. The summed E-state index contributed by atoms with van der Waals surface area (Å²) in [4.78, 5) is 14.6. The van der Waals surface area contributed by atoms with Gasteiger partial charge in [0.25, 0.3) is 5.91 Å². The lowest BCUT2D eigenvalue weighted by Gasteiger charge is -2.25. The van der Waals surface area contributed by atoms with E-state index in [4.69, 9.17) is 4.74 Å². The first-order valence-electron chi connectivity index (χ1n) is 10.5. The van der Waals surface area contributed by atoms with E-state index >= 15 is 0 Å². The minimum absolute atomic E-state index is 0.0513. The summed E-state index contributed by atoms with van der Waals surface area (Å²) in [6, 6.07) is 12.5. The predicted molar refractivity (Wildman–Crippen MR) is 117 cm³/mol. The van der Waals surface area contributed by atoms with Crippen molar-refractivity contribution in [2.45, 2.75) is 44.1 Å². The van der Waals surface area contributed by atoms with Crippen molar-refractivity contribution >= 4 is 15.9 Å². The number of carbonyl (C=O) groups is 1. The van der Waals surface area contributed by atoms with Crippen LogP contribution < -0.4 is 4.74 Å². The molecule has 2 aromatic rings. The molecule has 8 heteroatoms. The second-order valence-electron chi connectivity index (χ2n) is 8.02. The molecule has 3 rings (SSSR count). The van der Waals surface area contributed by atoms with Crippen LogP contribution in [0.15, 0.2) is 53.4 Å². The summed E-state index contributed by atoms with van der Waals surface area (Å²) in [5.41, 5.74) is 1.13. The summed E-state index contributed by atoms with van der Waals surface area (Å²) in [6.45, 7) is 7.11. The van der Waals surface area contributed by atoms with Crippen LogP contribution in [0, 0.1) is 5.82 Å². The van der Waals surface area contributed by atoms with Crippen LogP contribution in [-0.2, 0) is 14.8 Å². The number of ether oxygens (including phenoxy) is 1. The summed E-state index contributed by atoms with van der Waals surface area (Å²) < 4.78 is 46.1. The van der Waals surface area contributed by atoms with Crippen molar-refractivity contribution in [1.82, 2.24) is 9.21 Å². The van der Waals surface area contributed by atoms with Crippen LogP contribution in [0.4, 0.5) is 4.39 Å². The van der Waals surface area contributed by atoms with Crippen LogP contribution in [-0.4, -0.2) is 55.8 Å². The Morgan fingerprint density at radius 3 is 2.39 bits per heavy atom. The molecule has 0 aliphatic carbocycles. The Hall–Kier alpha value is -2.45. The van der Waals surface area contributed by atoms with Gasteiger partial charge >= 0.3 is 0 Å². The molecule has 0 bridgehead atoms. The lowest BCUT2D eigenvalue weighted by atomic mass is 10.0. The van der Waals surface area contributed by atoms with E-state index in [0.29, 0.717) is 31.2 Å². The second kappa shape index (κ2) is 9.78. The van der Waals surface area contributed by atoms with Gasteiger partial charge in [0.05, 0.1) is 4.90 Å². The highest BCUT2D eigenvalue weighted by molar-refractivity contribution is 7.89. The molecule has 1 atom stereocenters. The summed E-state index contributed by atoms with van der Waals surface area (Å²) in [6.07, 6.45) is -0.162. The van der Waals surface area contributed by atoms with Gasteiger partial charge in [0.1, 0.15) is 11.6 Å². The van der Waals surface area contributed by atoms with E-state index in [1.54, 1.807) is 11.8 Å². The molecular weight excluding hydrogens is 419 g/mol. The maximum Gasteiger partial charge on any atom is 0.263 e. The monoisotopic (exact) mass is 448 g/mol. The normalized spacial score (nSPS) is 16.7. The smallest absolute Gasteiger partial charge is 0.263 e. The molecule has 0 aromatic heterocycles. The first kappa shape index (κ1) is 23.2. The van der Waals surface area contributed by atoms with Crippen LogP contribution in [0.25, 0.3) is 0 Å². The van der Waals surface area contributed by atoms with Gasteiger partial charge in [0.2, 0.25) is 10.0 Å². The van der Waals surface area contributed by atoms with E-state index in [1.807, 2.05) is 24.3 Å². The molecule has 6 nitrogen and oxygen atoms in total. The number of sulfonamides is 1. The number of nitrogens with zero attached hydrogens (tertiary/aromatic N) is 2. The first-order chi connectivity index (χ1) is 14.7. The molecule has 168 valence electrons. The van der Waals surface area contributed by atoms with E-state index in [9.17, 15) is 17.6 Å². The molecule has 0 radical (unpaired) electrons. The van der Waals surface area contributed by atoms with Crippen LogP contribution in [0.3, 0.4) is 0 Å². The Morgan fingerprint density at radius 1 is 1.00 bits per heavy atom. The molecule has 1 fully saturated rings. The SMILES string of the molecule is CC(Oc1cccc(C(C)C)c1)C(=O)N1CCCN(S(=O)(=O)c2ccc(F)cc2)CC1. The fourth-order valence-corrected chi connectivity index (χ4v) is 5.04. The van der Waals surface area contributed by atoms with Crippen molar-refractivity contribution in [2.24, 2.45) is 0 Å². The van der Waals surface area contributed by atoms with Crippen molar-refractivity contribution < 1.29 is 22.3 Å². The molecule has 31 heavy (non-hydrogen) atoms. The Balaban J connectivity index is 1.64. The van der Waals surface area contributed by atoms with Gasteiger partial charge in [-0.2, -0.15) is 4.31 Å². The molecule has 0 spiro atoms. The van der Waals surface area contributed by atoms with Crippen LogP contribution in [0.5, 0.6) is 5.75 Å². The van der Waals surface area contributed by atoms with Crippen molar-refractivity contribution in [3.63, 3.8) is 0 Å². The van der Waals surface area contributed by atoms with Crippen LogP contribution in [0.2, 0.25) is 0 Å².